The van der Waals surface area contributed by atoms with Crippen LogP contribution in [0.5, 0.6) is 11.5 Å². The molecule has 57 heteroatoms. The SMILES string of the molecule is C=CC(=O)OC#CC#COc1ccc(C(c2ccc(OCCOC(=O)CC)cc2)(C(F)(F)F)C(F)(F)F)cc1.C=CC(=O)OCC(F)(F)C(F)(F)C(F)(F)C(F)(F)C(F)(F)COC(=O)C=C.C=CC(=O)OCC(F)(F)C(F)(F)C(F)(F)C(F)(F)COC(=O)C=C.C=CC(=O)OCC(F)(F)OC(F)(F)C(F)(F)OC(F)(F)C(F)(F)OC(F)(F)COC(=O)C=C. The second-order valence-electron chi connectivity index (χ2n) is 21.6. The number of benzene rings is 2. The minimum atomic E-state index is -7.37. The highest BCUT2D eigenvalue weighted by Crippen LogP contribution is 2.60. The fourth-order valence-electron chi connectivity index (χ4n) is 6.85. The maximum Gasteiger partial charge on any atom is 0.453 e. The van der Waals surface area contributed by atoms with Crippen LogP contribution in [-0.2, 0) is 95.9 Å². The summed E-state index contributed by atoms with van der Waals surface area (Å²) in [6, 6.07) is 6.29. The molecule has 123 heavy (non-hydrogen) atoms. The molecule has 692 valence electrons. The van der Waals surface area contributed by atoms with Crippen molar-refractivity contribution in [3.8, 4) is 35.6 Å². The zero-order valence-electron chi connectivity index (χ0n) is 60.2. The summed E-state index contributed by atoms with van der Waals surface area (Å²) in [4.78, 5) is 85.2. The van der Waals surface area contributed by atoms with E-state index in [1.165, 1.54) is 0 Å². The predicted molar refractivity (Wildman–Crippen MR) is 329 cm³/mol. The van der Waals surface area contributed by atoms with Gasteiger partial charge in [-0.15, -0.1) is 0 Å². The molecule has 0 heterocycles. The van der Waals surface area contributed by atoms with Crippen LogP contribution in [0.4, 0.5) is 158 Å². The van der Waals surface area contributed by atoms with Gasteiger partial charge in [0.15, 0.2) is 39.6 Å². The maximum atomic E-state index is 14.3. The lowest BCUT2D eigenvalue weighted by Gasteiger charge is -2.38. The Morgan fingerprint density at radius 2 is 0.561 bits per heavy atom. The van der Waals surface area contributed by atoms with Gasteiger partial charge in [0.25, 0.3) is 0 Å². The lowest BCUT2D eigenvalue weighted by atomic mass is 9.73. The van der Waals surface area contributed by atoms with Crippen LogP contribution in [0.25, 0.3) is 0 Å². The first-order chi connectivity index (χ1) is 55.5. The van der Waals surface area contributed by atoms with E-state index >= 15 is 0 Å². The van der Waals surface area contributed by atoms with E-state index in [2.05, 4.69) is 107 Å². The summed E-state index contributed by atoms with van der Waals surface area (Å²) in [6.07, 6.45) is -44.2. The summed E-state index contributed by atoms with van der Waals surface area (Å²) in [6.45, 7) is 4.70. The normalized spacial score (nSPS) is 12.9. The van der Waals surface area contributed by atoms with E-state index in [4.69, 9.17) is 14.2 Å². The van der Waals surface area contributed by atoms with Gasteiger partial charge in [0.1, 0.15) is 36.9 Å². The molecule has 0 aliphatic heterocycles. The summed E-state index contributed by atoms with van der Waals surface area (Å²) < 4.78 is 530. The number of hydrogen-bond donors (Lipinski definition) is 0. The molecule has 2 aromatic carbocycles. The molecule has 0 bridgehead atoms. The van der Waals surface area contributed by atoms with Crippen molar-refractivity contribution in [3.63, 3.8) is 0 Å². The van der Waals surface area contributed by atoms with E-state index in [0.29, 0.717) is 24.3 Å². The highest BCUT2D eigenvalue weighted by Gasteiger charge is 2.87. The first-order valence-electron chi connectivity index (χ1n) is 30.6. The van der Waals surface area contributed by atoms with Crippen LogP contribution < -0.4 is 9.47 Å². The van der Waals surface area contributed by atoms with Crippen molar-refractivity contribution in [2.75, 3.05) is 52.9 Å². The molecule has 2 aromatic rings. The van der Waals surface area contributed by atoms with Gasteiger partial charge in [-0.3, -0.25) is 4.79 Å². The zero-order valence-corrected chi connectivity index (χ0v) is 60.2. The van der Waals surface area contributed by atoms with Crippen molar-refractivity contribution < 1.29 is 258 Å². The number of rotatable bonds is 42. The summed E-state index contributed by atoms with van der Waals surface area (Å²) >= 11 is 0. The molecule has 0 aromatic heterocycles. The Kier molecular flexibility index (Phi) is 40.6. The van der Waals surface area contributed by atoms with Crippen LogP contribution >= 0.6 is 0 Å². The molecule has 0 aliphatic carbocycles. The third-order valence-electron chi connectivity index (χ3n) is 12.8. The van der Waals surface area contributed by atoms with E-state index in [1.807, 2.05) is 10.8 Å². The van der Waals surface area contributed by atoms with Gasteiger partial charge >= 0.3 is 150 Å². The monoisotopic (exact) mass is 1860 g/mol. The largest absolute Gasteiger partial charge is 0.490 e. The minimum Gasteiger partial charge on any atom is -0.490 e. The standard InChI is InChI=1S/C27H20F6O6.C14H10F12O7.C13H10F10O4.C12H10F8O4/c1-3-23(34)38-16-6-5-15-36-21-11-7-19(8-12-21)25(26(28,29)30,27(31,32)33)20-9-13-22(14-10-20)37-17-18-39-24(35)4-2;1-3-7(27)29-5-9(15,16)31-11(19,20)13(23,24)33-14(25,26)12(21,22)32-10(17,18)6-30-8(28)4-2;1-3-7(24)26-5-9(14,15)11(18,19)13(22,23)12(20,21)10(16,17)6-27-8(25)4-2;1-3-7(21)23-5-9(13,14)11(17,18)12(19,20)10(15,16)6-24-8(22)4-2/h3,7-14H,1,4,17-18H2,2H3;3-4H,1-2,5-6H2;3-4H,1-2,5-6H2;3-4H,1-2,5-6H2. The molecular weight excluding hydrogens is 1810 g/mol. The average Bonchev–Trinajstić information content (AvgIpc) is 0.723. The lowest BCUT2D eigenvalue weighted by molar-refractivity contribution is -0.558. The molecule has 0 atom stereocenters. The topological polar surface area (TPSA) is 257 Å². The van der Waals surface area contributed by atoms with Crippen molar-refractivity contribution in [1.29, 1.82) is 0 Å². The van der Waals surface area contributed by atoms with Gasteiger partial charge in [-0.1, -0.05) is 77.2 Å². The van der Waals surface area contributed by atoms with E-state index in [9.17, 15) is 196 Å². The Balaban J connectivity index is 0. The third kappa shape index (κ3) is 30.8. The van der Waals surface area contributed by atoms with Gasteiger partial charge in [-0.05, 0) is 35.4 Å². The molecule has 0 saturated carbocycles. The van der Waals surface area contributed by atoms with Crippen molar-refractivity contribution in [1.82, 2.24) is 0 Å². The first kappa shape index (κ1) is 114. The Hall–Kier alpha value is -11.5. The third-order valence-corrected chi connectivity index (χ3v) is 12.8. The molecule has 0 unspecified atom stereocenters. The number of carbonyl (C=O) groups is 8. The molecular formula is C66H50F36O21. The molecule has 0 N–H and O–H groups in total. The molecule has 21 nitrogen and oxygen atoms in total. The van der Waals surface area contributed by atoms with Gasteiger partial charge < -0.3 is 47.4 Å². The quantitative estimate of drug-likeness (QED) is 0.0149. The van der Waals surface area contributed by atoms with Crippen LogP contribution in [0.3, 0.4) is 0 Å². The summed E-state index contributed by atoms with van der Waals surface area (Å²) in [5, 5.41) is 0. The molecule has 0 saturated heterocycles. The summed E-state index contributed by atoms with van der Waals surface area (Å²) in [7, 11) is 0. The molecule has 0 amide bonds. The number of alkyl halides is 36. The Morgan fingerprint density at radius 3 is 0.829 bits per heavy atom. The summed E-state index contributed by atoms with van der Waals surface area (Å²) in [5.74, 6) is -66.6. The van der Waals surface area contributed by atoms with Crippen LogP contribution in [0, 0.1) is 24.1 Å². The average molecular weight is 1860 g/mol. The highest BCUT2D eigenvalue weighted by atomic mass is 19.4. The smallest absolute Gasteiger partial charge is 0.453 e. The fourth-order valence-corrected chi connectivity index (χ4v) is 6.85. The molecule has 0 aliphatic rings. The molecule has 0 fully saturated rings. The molecule has 0 spiro atoms. The van der Waals surface area contributed by atoms with Gasteiger partial charge in [0, 0.05) is 60.8 Å². The van der Waals surface area contributed by atoms with Crippen LogP contribution in [0.1, 0.15) is 24.5 Å². The summed E-state index contributed by atoms with van der Waals surface area (Å²) in [5.41, 5.74) is -6.58. The number of esters is 8. The van der Waals surface area contributed by atoms with Crippen LogP contribution in [-0.4, -0.2) is 203 Å². The first-order valence-corrected chi connectivity index (χ1v) is 30.6. The van der Waals surface area contributed by atoms with E-state index in [0.717, 1.165) is 30.3 Å². The van der Waals surface area contributed by atoms with Gasteiger partial charge in [-0.25, -0.2) is 47.8 Å². The van der Waals surface area contributed by atoms with Crippen molar-refractivity contribution >= 4 is 47.8 Å². The van der Waals surface area contributed by atoms with Gasteiger partial charge in [0.2, 0.25) is 5.41 Å². The molecule has 0 radical (unpaired) electrons. The second kappa shape index (κ2) is 44.0. The van der Waals surface area contributed by atoms with Crippen molar-refractivity contribution in [2.24, 2.45) is 0 Å². The van der Waals surface area contributed by atoms with Crippen molar-refractivity contribution in [2.45, 2.75) is 121 Å². The van der Waals surface area contributed by atoms with E-state index in [-0.39, 0.29) is 67.6 Å². The van der Waals surface area contributed by atoms with E-state index < -0.39 is 206 Å². The Labute approximate surface area is 662 Å². The number of hydrogen-bond acceptors (Lipinski definition) is 21. The van der Waals surface area contributed by atoms with Crippen LogP contribution in [0.15, 0.2) is 137 Å². The Morgan fingerprint density at radius 1 is 0.309 bits per heavy atom. The number of halogens is 36. The lowest BCUT2D eigenvalue weighted by Crippen LogP contribution is -2.68. The Bertz CT molecular complexity index is 3970. The fraction of sp³-hybridized carbons (Fsp3) is 0.424. The van der Waals surface area contributed by atoms with Gasteiger partial charge in [-0.2, -0.15) is 158 Å². The van der Waals surface area contributed by atoms with Gasteiger partial charge in [0.05, 0.1) is 0 Å². The van der Waals surface area contributed by atoms with Crippen molar-refractivity contribution in [3.05, 3.63) is 148 Å². The minimum absolute atomic E-state index is 0.0192. The highest BCUT2D eigenvalue weighted by molar-refractivity contribution is 5.83. The zero-order chi connectivity index (χ0) is 96.9. The van der Waals surface area contributed by atoms with E-state index in [1.54, 1.807) is 6.92 Å². The molecule has 2 rings (SSSR count). The predicted octanol–water partition coefficient (Wildman–Crippen LogP) is 16.1. The number of carbonyl (C=O) groups excluding carboxylic acids is 8. The van der Waals surface area contributed by atoms with Crippen LogP contribution in [0.2, 0.25) is 0 Å². The second-order valence-corrected chi connectivity index (χ2v) is 21.6. The maximum absolute atomic E-state index is 14.3. The number of ether oxygens (including phenoxy) is 13.